The number of fused-ring (bicyclic) bond motifs is 1. The number of phenols is 2. The van der Waals surface area contributed by atoms with Crippen LogP contribution in [0.3, 0.4) is 0 Å². The molecule has 1 aliphatic rings. The van der Waals surface area contributed by atoms with Crippen LogP contribution in [0.4, 0.5) is 0 Å². The maximum Gasteiger partial charge on any atom is 0.214 e. The quantitative estimate of drug-likeness (QED) is 0.911. The number of hydrogen-bond donors (Lipinski definition) is 2. The number of benzene rings is 2. The van der Waals surface area contributed by atoms with Gasteiger partial charge in [-0.3, -0.25) is 0 Å². The lowest BCUT2D eigenvalue weighted by Gasteiger charge is -2.25. The molecule has 1 heterocycles. The van der Waals surface area contributed by atoms with Crippen LogP contribution >= 0.6 is 0 Å². The number of nitrogens with zero attached hydrogens (tertiary/aromatic N) is 1. The van der Waals surface area contributed by atoms with Gasteiger partial charge in [0.2, 0.25) is 10.0 Å². The number of aromatic hydroxyl groups is 2. The van der Waals surface area contributed by atoms with E-state index >= 15 is 0 Å². The molecule has 3 rings (SSSR count). The summed E-state index contributed by atoms with van der Waals surface area (Å²) in [5.41, 5.74) is 0.586. The van der Waals surface area contributed by atoms with E-state index in [0.29, 0.717) is 23.9 Å². The average Bonchev–Trinajstić information content (AvgIpc) is 2.97. The number of hydrogen-bond acceptors (Lipinski definition) is 4. The second-order valence-corrected chi connectivity index (χ2v) is 7.78. The van der Waals surface area contributed by atoms with Crippen molar-refractivity contribution in [2.24, 2.45) is 0 Å². The molecule has 1 saturated heterocycles. The molecule has 2 aromatic rings. The smallest absolute Gasteiger partial charge is 0.214 e. The van der Waals surface area contributed by atoms with Crippen LogP contribution in [0.2, 0.25) is 0 Å². The van der Waals surface area contributed by atoms with Gasteiger partial charge in [0.05, 0.1) is 11.8 Å². The predicted molar refractivity (Wildman–Crippen MR) is 85.4 cm³/mol. The van der Waals surface area contributed by atoms with E-state index in [1.54, 1.807) is 37.3 Å². The van der Waals surface area contributed by atoms with Crippen molar-refractivity contribution in [2.45, 2.75) is 25.8 Å². The maximum atomic E-state index is 12.3. The van der Waals surface area contributed by atoms with Crippen LogP contribution < -0.4 is 0 Å². The Morgan fingerprint density at radius 2 is 1.95 bits per heavy atom. The Balaban J connectivity index is 2.21. The Morgan fingerprint density at radius 1 is 1.23 bits per heavy atom. The van der Waals surface area contributed by atoms with E-state index in [2.05, 4.69) is 0 Å². The zero-order valence-electron chi connectivity index (χ0n) is 12.4. The van der Waals surface area contributed by atoms with Gasteiger partial charge in [-0.25, -0.2) is 8.42 Å². The van der Waals surface area contributed by atoms with Crippen molar-refractivity contribution in [3.05, 3.63) is 35.9 Å². The first-order valence-corrected chi connectivity index (χ1v) is 8.99. The molecule has 2 aromatic carbocycles. The van der Waals surface area contributed by atoms with Gasteiger partial charge in [0.1, 0.15) is 11.5 Å². The van der Waals surface area contributed by atoms with Gasteiger partial charge in [-0.2, -0.15) is 4.31 Å². The van der Waals surface area contributed by atoms with Gasteiger partial charge >= 0.3 is 0 Å². The zero-order valence-corrected chi connectivity index (χ0v) is 13.2. The van der Waals surface area contributed by atoms with Crippen LogP contribution in [-0.2, 0) is 10.0 Å². The molecule has 0 aliphatic carbocycles. The summed E-state index contributed by atoms with van der Waals surface area (Å²) < 4.78 is 26.1. The SMILES string of the molecule is CCS(=O)(=O)N1CCCC1c1c(O)ccc2ccc(O)cc12. The largest absolute Gasteiger partial charge is 0.508 e. The molecule has 5 nitrogen and oxygen atoms in total. The fourth-order valence-electron chi connectivity index (χ4n) is 3.20. The second kappa shape index (κ2) is 5.44. The van der Waals surface area contributed by atoms with Gasteiger partial charge in [0, 0.05) is 12.1 Å². The zero-order chi connectivity index (χ0) is 15.9. The first-order chi connectivity index (χ1) is 10.4. The summed E-state index contributed by atoms with van der Waals surface area (Å²) in [5.74, 6) is 0.212. The maximum absolute atomic E-state index is 12.3. The lowest BCUT2D eigenvalue weighted by Crippen LogP contribution is -2.32. The Kier molecular flexibility index (Phi) is 3.74. The van der Waals surface area contributed by atoms with Crippen molar-refractivity contribution in [3.63, 3.8) is 0 Å². The first kappa shape index (κ1) is 15.1. The third-order valence-electron chi connectivity index (χ3n) is 4.28. The molecule has 22 heavy (non-hydrogen) atoms. The third kappa shape index (κ3) is 2.42. The van der Waals surface area contributed by atoms with E-state index in [1.165, 1.54) is 4.31 Å². The van der Waals surface area contributed by atoms with Crippen molar-refractivity contribution in [1.82, 2.24) is 4.31 Å². The van der Waals surface area contributed by atoms with E-state index in [0.717, 1.165) is 11.8 Å². The molecule has 1 fully saturated rings. The lowest BCUT2D eigenvalue weighted by atomic mass is 9.96. The van der Waals surface area contributed by atoms with Crippen LogP contribution in [0.15, 0.2) is 30.3 Å². The number of rotatable bonds is 3. The van der Waals surface area contributed by atoms with Gasteiger partial charge < -0.3 is 10.2 Å². The van der Waals surface area contributed by atoms with Gasteiger partial charge in [-0.15, -0.1) is 0 Å². The minimum Gasteiger partial charge on any atom is -0.508 e. The Morgan fingerprint density at radius 3 is 2.68 bits per heavy atom. The van der Waals surface area contributed by atoms with Crippen LogP contribution in [0.25, 0.3) is 10.8 Å². The van der Waals surface area contributed by atoms with Crippen molar-refractivity contribution in [2.75, 3.05) is 12.3 Å². The van der Waals surface area contributed by atoms with Crippen LogP contribution in [0, 0.1) is 0 Å². The van der Waals surface area contributed by atoms with Gasteiger partial charge in [0.25, 0.3) is 0 Å². The molecular weight excluding hydrogens is 302 g/mol. The Bertz CT molecular complexity index is 811. The van der Waals surface area contributed by atoms with Crippen LogP contribution in [0.5, 0.6) is 11.5 Å². The van der Waals surface area contributed by atoms with Crippen molar-refractivity contribution in [1.29, 1.82) is 0 Å². The van der Waals surface area contributed by atoms with Crippen LogP contribution in [0.1, 0.15) is 31.4 Å². The first-order valence-electron chi connectivity index (χ1n) is 7.38. The molecule has 1 unspecified atom stereocenters. The number of phenolic OH excluding ortho intramolecular Hbond substituents is 2. The molecule has 1 atom stereocenters. The summed E-state index contributed by atoms with van der Waals surface area (Å²) in [6.07, 6.45) is 1.43. The predicted octanol–water partition coefficient (Wildman–Crippen LogP) is 2.74. The van der Waals surface area contributed by atoms with E-state index in [4.69, 9.17) is 0 Å². The summed E-state index contributed by atoms with van der Waals surface area (Å²) in [6.45, 7) is 2.09. The fraction of sp³-hybridized carbons (Fsp3) is 0.375. The highest BCUT2D eigenvalue weighted by Crippen LogP contribution is 2.42. The Labute approximate surface area is 129 Å². The van der Waals surface area contributed by atoms with Gasteiger partial charge in [-0.05, 0) is 48.7 Å². The fourth-order valence-corrected chi connectivity index (χ4v) is 4.53. The molecule has 1 aliphatic heterocycles. The average molecular weight is 321 g/mol. The molecular formula is C16H19NO4S. The highest BCUT2D eigenvalue weighted by molar-refractivity contribution is 7.89. The molecule has 0 aromatic heterocycles. The third-order valence-corrected chi connectivity index (χ3v) is 6.16. The molecule has 0 bridgehead atoms. The molecule has 118 valence electrons. The number of sulfonamides is 1. The summed E-state index contributed by atoms with van der Waals surface area (Å²) in [7, 11) is -3.33. The minimum absolute atomic E-state index is 0.0419. The summed E-state index contributed by atoms with van der Waals surface area (Å²) in [5, 5.41) is 21.6. The minimum atomic E-state index is -3.33. The molecule has 0 saturated carbocycles. The topological polar surface area (TPSA) is 77.8 Å². The van der Waals surface area contributed by atoms with E-state index < -0.39 is 10.0 Å². The summed E-state index contributed by atoms with van der Waals surface area (Å²) >= 11 is 0. The summed E-state index contributed by atoms with van der Waals surface area (Å²) in [6, 6.07) is 7.90. The van der Waals surface area contributed by atoms with E-state index in [-0.39, 0.29) is 23.3 Å². The monoisotopic (exact) mass is 321 g/mol. The van der Waals surface area contributed by atoms with E-state index in [1.807, 2.05) is 0 Å². The standard InChI is InChI=1S/C16H19NO4S/c1-2-22(20,21)17-9-3-4-14(17)16-13-10-12(18)7-5-11(13)6-8-15(16)19/h5-8,10,14,18-19H,2-4,9H2,1H3. The highest BCUT2D eigenvalue weighted by atomic mass is 32.2. The summed E-state index contributed by atoms with van der Waals surface area (Å²) in [4.78, 5) is 0. The lowest BCUT2D eigenvalue weighted by molar-refractivity contribution is 0.383. The molecule has 2 N–H and O–H groups in total. The molecule has 0 spiro atoms. The van der Waals surface area contributed by atoms with E-state index in [9.17, 15) is 18.6 Å². The van der Waals surface area contributed by atoms with Crippen molar-refractivity contribution >= 4 is 20.8 Å². The van der Waals surface area contributed by atoms with Crippen molar-refractivity contribution in [3.8, 4) is 11.5 Å². The molecule has 6 heteroatoms. The Hall–Kier alpha value is -1.79. The van der Waals surface area contributed by atoms with Crippen molar-refractivity contribution < 1.29 is 18.6 Å². The molecule has 0 amide bonds. The second-order valence-electron chi connectivity index (χ2n) is 5.57. The normalized spacial score (nSPS) is 19.8. The van der Waals surface area contributed by atoms with Crippen LogP contribution in [-0.4, -0.2) is 35.2 Å². The molecule has 0 radical (unpaired) electrons. The van der Waals surface area contributed by atoms with Gasteiger partial charge in [0.15, 0.2) is 0 Å². The highest BCUT2D eigenvalue weighted by Gasteiger charge is 2.36. The van der Waals surface area contributed by atoms with Gasteiger partial charge in [-0.1, -0.05) is 12.1 Å².